The summed E-state index contributed by atoms with van der Waals surface area (Å²) in [5.74, 6) is 1.08. The molecule has 0 saturated carbocycles. The second-order valence-corrected chi connectivity index (χ2v) is 5.38. The molecule has 0 amide bonds. The molecule has 0 aliphatic carbocycles. The first-order chi connectivity index (χ1) is 9.28. The van der Waals surface area contributed by atoms with E-state index in [0.29, 0.717) is 6.54 Å². The lowest BCUT2D eigenvalue weighted by molar-refractivity contribution is 0.268. The predicted molar refractivity (Wildman–Crippen MR) is 76.1 cm³/mol. The van der Waals surface area contributed by atoms with Crippen LogP contribution in [-0.4, -0.2) is 39.3 Å². The highest BCUT2D eigenvalue weighted by Crippen LogP contribution is 2.20. The molecule has 1 aromatic carbocycles. The molecule has 4 heteroatoms. The third kappa shape index (κ3) is 2.51. The Bertz CT molecular complexity index is 570. The summed E-state index contributed by atoms with van der Waals surface area (Å²) in [4.78, 5) is 7.21. The Balaban J connectivity index is 1.98. The number of nitrogens with zero attached hydrogens (tertiary/aromatic N) is 3. The van der Waals surface area contributed by atoms with Crippen molar-refractivity contribution in [2.75, 3.05) is 19.7 Å². The molecular formula is C15H21N3O. The maximum absolute atomic E-state index is 9.28. The third-order valence-corrected chi connectivity index (χ3v) is 3.87. The van der Waals surface area contributed by atoms with Crippen LogP contribution in [0.25, 0.3) is 11.0 Å². The van der Waals surface area contributed by atoms with Crippen molar-refractivity contribution in [3.8, 4) is 0 Å². The summed E-state index contributed by atoms with van der Waals surface area (Å²) in [6, 6.07) is 6.34. The number of aliphatic hydroxyl groups excluding tert-OH is 1. The Morgan fingerprint density at radius 1 is 1.26 bits per heavy atom. The van der Waals surface area contributed by atoms with Gasteiger partial charge in [-0.25, -0.2) is 4.98 Å². The minimum atomic E-state index is 0.159. The van der Waals surface area contributed by atoms with E-state index in [9.17, 15) is 5.11 Å². The Kier molecular flexibility index (Phi) is 3.53. The van der Waals surface area contributed by atoms with Crippen LogP contribution in [0.2, 0.25) is 0 Å². The largest absolute Gasteiger partial charge is 0.395 e. The van der Waals surface area contributed by atoms with E-state index in [4.69, 9.17) is 4.98 Å². The molecule has 102 valence electrons. The zero-order valence-electron chi connectivity index (χ0n) is 11.5. The van der Waals surface area contributed by atoms with Crippen molar-refractivity contribution in [1.82, 2.24) is 14.5 Å². The van der Waals surface area contributed by atoms with Crippen molar-refractivity contribution in [3.05, 3.63) is 29.6 Å². The van der Waals surface area contributed by atoms with Gasteiger partial charge >= 0.3 is 0 Å². The number of aliphatic hydroxyl groups is 1. The van der Waals surface area contributed by atoms with Crippen LogP contribution in [0, 0.1) is 6.92 Å². The first-order valence-electron chi connectivity index (χ1n) is 7.07. The molecular weight excluding hydrogens is 238 g/mol. The van der Waals surface area contributed by atoms with Gasteiger partial charge in [0.25, 0.3) is 0 Å². The van der Waals surface area contributed by atoms with E-state index in [2.05, 4.69) is 34.6 Å². The highest BCUT2D eigenvalue weighted by Gasteiger charge is 2.17. The fourth-order valence-corrected chi connectivity index (χ4v) is 2.90. The van der Waals surface area contributed by atoms with E-state index in [1.54, 1.807) is 0 Å². The van der Waals surface area contributed by atoms with E-state index < -0.39 is 0 Å². The average Bonchev–Trinajstić information content (AvgIpc) is 2.99. The molecule has 2 heterocycles. The minimum absolute atomic E-state index is 0.159. The Morgan fingerprint density at radius 2 is 2.05 bits per heavy atom. The monoisotopic (exact) mass is 259 g/mol. The van der Waals surface area contributed by atoms with Gasteiger partial charge in [-0.3, -0.25) is 4.90 Å². The van der Waals surface area contributed by atoms with Gasteiger partial charge in [-0.1, -0.05) is 6.07 Å². The van der Waals surface area contributed by atoms with Gasteiger partial charge in [0.2, 0.25) is 0 Å². The Hall–Kier alpha value is -1.39. The lowest BCUT2D eigenvalue weighted by Gasteiger charge is -2.15. The molecule has 0 atom stereocenters. The van der Waals surface area contributed by atoms with Gasteiger partial charge < -0.3 is 9.67 Å². The summed E-state index contributed by atoms with van der Waals surface area (Å²) < 4.78 is 2.16. The summed E-state index contributed by atoms with van der Waals surface area (Å²) >= 11 is 0. The summed E-state index contributed by atoms with van der Waals surface area (Å²) in [5, 5.41) is 9.28. The van der Waals surface area contributed by atoms with Crippen molar-refractivity contribution in [2.45, 2.75) is 32.9 Å². The van der Waals surface area contributed by atoms with Crippen molar-refractivity contribution >= 4 is 11.0 Å². The van der Waals surface area contributed by atoms with E-state index in [1.807, 2.05) is 0 Å². The van der Waals surface area contributed by atoms with Gasteiger partial charge in [-0.2, -0.15) is 0 Å². The molecule has 0 spiro atoms. The van der Waals surface area contributed by atoms with E-state index in [1.165, 1.54) is 31.5 Å². The van der Waals surface area contributed by atoms with Gasteiger partial charge in [0, 0.05) is 6.54 Å². The second-order valence-electron chi connectivity index (χ2n) is 5.38. The van der Waals surface area contributed by atoms with Gasteiger partial charge in [0.1, 0.15) is 5.82 Å². The van der Waals surface area contributed by atoms with Crippen molar-refractivity contribution in [2.24, 2.45) is 0 Å². The SMILES string of the molecule is Cc1ccc2c(c1)nc(CN1CCCC1)n2CCO. The molecule has 0 unspecified atom stereocenters. The molecule has 0 bridgehead atoms. The minimum Gasteiger partial charge on any atom is -0.395 e. The van der Waals surface area contributed by atoms with Crippen LogP contribution in [0.5, 0.6) is 0 Å². The van der Waals surface area contributed by atoms with Crippen LogP contribution in [0.4, 0.5) is 0 Å². The molecule has 1 fully saturated rings. The highest BCUT2D eigenvalue weighted by atomic mass is 16.3. The summed E-state index contributed by atoms with van der Waals surface area (Å²) in [5.41, 5.74) is 3.41. The van der Waals surface area contributed by atoms with E-state index >= 15 is 0 Å². The Morgan fingerprint density at radius 3 is 2.79 bits per heavy atom. The summed E-state index contributed by atoms with van der Waals surface area (Å²) in [6.07, 6.45) is 2.58. The maximum Gasteiger partial charge on any atom is 0.124 e. The van der Waals surface area contributed by atoms with Crippen LogP contribution >= 0.6 is 0 Å². The molecule has 4 nitrogen and oxygen atoms in total. The number of rotatable bonds is 4. The van der Waals surface area contributed by atoms with Gasteiger partial charge in [0.15, 0.2) is 0 Å². The Labute approximate surface area is 113 Å². The second kappa shape index (κ2) is 5.31. The number of aryl methyl sites for hydroxylation is 1. The van der Waals surface area contributed by atoms with Crippen LogP contribution in [0.3, 0.4) is 0 Å². The lowest BCUT2D eigenvalue weighted by atomic mass is 10.2. The topological polar surface area (TPSA) is 41.3 Å². The maximum atomic E-state index is 9.28. The smallest absolute Gasteiger partial charge is 0.124 e. The first kappa shape index (κ1) is 12.6. The standard InChI is InChI=1S/C15H21N3O/c1-12-4-5-14-13(10-12)16-15(18(14)8-9-19)11-17-6-2-3-7-17/h4-5,10,19H,2-3,6-9,11H2,1H3. The normalized spacial score (nSPS) is 16.5. The molecule has 0 radical (unpaired) electrons. The van der Waals surface area contributed by atoms with Gasteiger partial charge in [-0.15, -0.1) is 0 Å². The zero-order valence-corrected chi connectivity index (χ0v) is 11.5. The van der Waals surface area contributed by atoms with Crippen LogP contribution in [0.15, 0.2) is 18.2 Å². The van der Waals surface area contributed by atoms with E-state index in [0.717, 1.165) is 23.4 Å². The molecule has 1 saturated heterocycles. The number of fused-ring (bicyclic) bond motifs is 1. The summed E-state index contributed by atoms with van der Waals surface area (Å²) in [6.45, 7) is 6.11. The first-order valence-corrected chi connectivity index (χ1v) is 7.07. The van der Waals surface area contributed by atoms with Gasteiger partial charge in [0.05, 0.1) is 24.2 Å². The van der Waals surface area contributed by atoms with E-state index in [-0.39, 0.29) is 6.61 Å². The number of aromatic nitrogens is 2. The third-order valence-electron chi connectivity index (χ3n) is 3.87. The lowest BCUT2D eigenvalue weighted by Crippen LogP contribution is -2.21. The quantitative estimate of drug-likeness (QED) is 0.912. The number of benzene rings is 1. The predicted octanol–water partition coefficient (Wildman–Crippen LogP) is 1.93. The summed E-state index contributed by atoms with van der Waals surface area (Å²) in [7, 11) is 0. The van der Waals surface area contributed by atoms with Crippen molar-refractivity contribution in [1.29, 1.82) is 0 Å². The van der Waals surface area contributed by atoms with Crippen LogP contribution < -0.4 is 0 Å². The number of hydrogen-bond acceptors (Lipinski definition) is 3. The average molecular weight is 259 g/mol. The van der Waals surface area contributed by atoms with Gasteiger partial charge in [-0.05, 0) is 50.6 Å². The fourth-order valence-electron chi connectivity index (χ4n) is 2.90. The molecule has 1 aliphatic rings. The zero-order chi connectivity index (χ0) is 13.2. The number of likely N-dealkylation sites (tertiary alicyclic amines) is 1. The molecule has 3 rings (SSSR count). The molecule has 2 aromatic rings. The highest BCUT2D eigenvalue weighted by molar-refractivity contribution is 5.76. The van der Waals surface area contributed by atoms with Crippen molar-refractivity contribution in [3.63, 3.8) is 0 Å². The van der Waals surface area contributed by atoms with Crippen LogP contribution in [-0.2, 0) is 13.1 Å². The molecule has 1 N–H and O–H groups in total. The molecule has 1 aromatic heterocycles. The molecule has 19 heavy (non-hydrogen) atoms. The fraction of sp³-hybridized carbons (Fsp3) is 0.533. The number of imidazole rings is 1. The van der Waals surface area contributed by atoms with Crippen LogP contribution in [0.1, 0.15) is 24.2 Å². The number of hydrogen-bond donors (Lipinski definition) is 1. The molecule has 1 aliphatic heterocycles. The van der Waals surface area contributed by atoms with Crippen molar-refractivity contribution < 1.29 is 5.11 Å².